The topological polar surface area (TPSA) is 65.4 Å². The predicted molar refractivity (Wildman–Crippen MR) is 132 cm³/mol. The zero-order chi connectivity index (χ0) is 23.5. The van der Waals surface area contributed by atoms with Crippen LogP contribution in [0, 0.1) is 11.3 Å². The normalized spacial score (nSPS) is 14.8. The van der Waals surface area contributed by atoms with Crippen LogP contribution in [0.3, 0.4) is 0 Å². The maximum Gasteiger partial charge on any atom is 0.266 e. The fourth-order valence-electron chi connectivity index (χ4n) is 4.31. The number of aryl methyl sites for hydroxylation is 1. The highest BCUT2D eigenvalue weighted by Gasteiger charge is 2.31. The van der Waals surface area contributed by atoms with Gasteiger partial charge in [0.25, 0.3) is 5.91 Å². The number of fused-ring (bicyclic) bond motifs is 1. The molecule has 0 radical (unpaired) electrons. The lowest BCUT2D eigenvalue weighted by Crippen LogP contribution is -2.44. The molecule has 0 fully saturated rings. The zero-order valence-electron chi connectivity index (χ0n) is 19.7. The van der Waals surface area contributed by atoms with Crippen LogP contribution >= 0.6 is 0 Å². The first-order valence-corrected chi connectivity index (χ1v) is 11.0. The highest BCUT2D eigenvalue weighted by molar-refractivity contribution is 6.10. The molecule has 5 nitrogen and oxygen atoms in total. The number of methoxy groups -OCH3 is 1. The van der Waals surface area contributed by atoms with E-state index < -0.39 is 5.91 Å². The first-order valence-electron chi connectivity index (χ1n) is 11.0. The van der Waals surface area contributed by atoms with E-state index in [1.54, 1.807) is 13.2 Å². The number of carbonyl (C=O) groups excluding carboxylic acids is 1. The van der Waals surface area contributed by atoms with Gasteiger partial charge in [-0.05, 0) is 69.5 Å². The molecule has 1 aliphatic heterocycles. The molecule has 1 heterocycles. The van der Waals surface area contributed by atoms with Crippen LogP contribution in [0.15, 0.2) is 48.0 Å². The Morgan fingerprint density at radius 2 is 1.91 bits per heavy atom. The summed E-state index contributed by atoms with van der Waals surface area (Å²) in [5.41, 5.74) is 5.77. The molecule has 5 heteroatoms. The summed E-state index contributed by atoms with van der Waals surface area (Å²) < 4.78 is 5.64. The van der Waals surface area contributed by atoms with Crippen LogP contribution in [0.2, 0.25) is 0 Å². The van der Waals surface area contributed by atoms with E-state index in [1.807, 2.05) is 42.5 Å². The number of hydrogen-bond donors (Lipinski definition) is 1. The molecular formula is C27H31N3O2. The van der Waals surface area contributed by atoms with E-state index in [0.717, 1.165) is 29.8 Å². The minimum atomic E-state index is -0.444. The smallest absolute Gasteiger partial charge is 0.266 e. The van der Waals surface area contributed by atoms with Gasteiger partial charge in [-0.3, -0.25) is 4.79 Å². The largest absolute Gasteiger partial charge is 0.496 e. The lowest BCUT2D eigenvalue weighted by Gasteiger charge is -2.43. The predicted octanol–water partition coefficient (Wildman–Crippen LogP) is 5.83. The maximum atomic E-state index is 12.8. The van der Waals surface area contributed by atoms with E-state index in [2.05, 4.69) is 50.9 Å². The van der Waals surface area contributed by atoms with Gasteiger partial charge in [0.15, 0.2) is 0 Å². The number of likely N-dealkylation sites (N-methyl/N-ethyl adjacent to an activating group) is 1. The first kappa shape index (κ1) is 23.1. The molecule has 0 atom stereocenters. The second kappa shape index (κ2) is 9.32. The summed E-state index contributed by atoms with van der Waals surface area (Å²) in [7, 11) is 1.60. The number of amides is 1. The van der Waals surface area contributed by atoms with Crippen molar-refractivity contribution >= 4 is 28.9 Å². The van der Waals surface area contributed by atoms with Gasteiger partial charge in [-0.25, -0.2) is 0 Å². The van der Waals surface area contributed by atoms with Crippen molar-refractivity contribution in [2.75, 3.05) is 23.9 Å². The lowest BCUT2D eigenvalue weighted by molar-refractivity contribution is -0.112. The fourth-order valence-corrected chi connectivity index (χ4v) is 4.31. The highest BCUT2D eigenvalue weighted by Crippen LogP contribution is 2.42. The molecule has 0 saturated carbocycles. The first-order chi connectivity index (χ1) is 15.2. The molecule has 166 valence electrons. The Bertz CT molecular complexity index is 1120. The Morgan fingerprint density at radius 1 is 1.22 bits per heavy atom. The number of benzene rings is 2. The van der Waals surface area contributed by atoms with Crippen molar-refractivity contribution in [1.29, 1.82) is 5.26 Å². The summed E-state index contributed by atoms with van der Waals surface area (Å²) in [5, 5.41) is 12.5. The van der Waals surface area contributed by atoms with Crippen LogP contribution < -0.4 is 15.0 Å². The van der Waals surface area contributed by atoms with Gasteiger partial charge < -0.3 is 15.0 Å². The number of nitrogens with zero attached hydrogens (tertiary/aromatic N) is 2. The average molecular weight is 430 g/mol. The molecule has 1 amide bonds. The number of allylic oxidation sites excluding steroid dienone is 1. The van der Waals surface area contributed by atoms with Crippen LogP contribution in [0.1, 0.15) is 51.3 Å². The molecule has 1 aliphatic rings. The Hall–Kier alpha value is -3.52. The lowest BCUT2D eigenvalue weighted by atomic mass is 9.87. The number of nitriles is 1. The van der Waals surface area contributed by atoms with E-state index in [0.29, 0.717) is 17.0 Å². The van der Waals surface area contributed by atoms with E-state index in [1.165, 1.54) is 5.56 Å². The summed E-state index contributed by atoms with van der Waals surface area (Å²) in [6, 6.07) is 13.7. The molecule has 0 bridgehead atoms. The summed E-state index contributed by atoms with van der Waals surface area (Å²) in [4.78, 5) is 15.1. The quantitative estimate of drug-likeness (QED) is 0.464. The Labute approximate surface area is 191 Å². The molecular weight excluding hydrogens is 398 g/mol. The van der Waals surface area contributed by atoms with Gasteiger partial charge in [0, 0.05) is 35.1 Å². The molecule has 0 spiro atoms. The summed E-state index contributed by atoms with van der Waals surface area (Å²) in [6.07, 6.45) is 4.77. The third kappa shape index (κ3) is 4.55. The van der Waals surface area contributed by atoms with E-state index in [-0.39, 0.29) is 11.1 Å². The highest BCUT2D eigenvalue weighted by atomic mass is 16.5. The van der Waals surface area contributed by atoms with Crippen molar-refractivity contribution in [2.24, 2.45) is 0 Å². The van der Waals surface area contributed by atoms with Crippen molar-refractivity contribution in [3.8, 4) is 11.8 Å². The molecule has 2 aromatic rings. The molecule has 0 unspecified atom stereocenters. The number of ether oxygens (including phenoxy) is 1. The van der Waals surface area contributed by atoms with Gasteiger partial charge in [-0.2, -0.15) is 5.26 Å². The monoisotopic (exact) mass is 429 g/mol. The van der Waals surface area contributed by atoms with Crippen LogP contribution in [-0.2, 0) is 11.2 Å². The molecule has 3 rings (SSSR count). The van der Waals surface area contributed by atoms with Crippen LogP contribution in [-0.4, -0.2) is 25.1 Å². The molecule has 2 aromatic carbocycles. The third-order valence-corrected chi connectivity index (χ3v) is 5.93. The number of carbonyl (C=O) groups is 1. The van der Waals surface area contributed by atoms with Crippen molar-refractivity contribution < 1.29 is 9.53 Å². The van der Waals surface area contributed by atoms with E-state index in [4.69, 9.17) is 4.74 Å². The van der Waals surface area contributed by atoms with Crippen molar-refractivity contribution in [3.05, 3.63) is 64.7 Å². The second-order valence-corrected chi connectivity index (χ2v) is 8.51. The minimum absolute atomic E-state index is 0.0212. The Morgan fingerprint density at radius 3 is 2.47 bits per heavy atom. The van der Waals surface area contributed by atoms with Crippen LogP contribution in [0.25, 0.3) is 11.6 Å². The molecule has 0 aromatic heterocycles. The summed E-state index contributed by atoms with van der Waals surface area (Å²) in [5.74, 6) is 0.181. The van der Waals surface area contributed by atoms with Gasteiger partial charge in [0.2, 0.25) is 0 Å². The Balaban J connectivity index is 1.99. The van der Waals surface area contributed by atoms with Crippen LogP contribution in [0.5, 0.6) is 5.75 Å². The summed E-state index contributed by atoms with van der Waals surface area (Å²) >= 11 is 0. The SMILES string of the molecule is CCc1ccc(NC(=O)/C(C#N)=C/c2cc3c(cc2OC)N(CC)C(C)(C)C=C3C)cc1. The van der Waals surface area contributed by atoms with Gasteiger partial charge in [-0.1, -0.05) is 25.1 Å². The second-order valence-electron chi connectivity index (χ2n) is 8.51. The van der Waals surface area contributed by atoms with Gasteiger partial charge >= 0.3 is 0 Å². The van der Waals surface area contributed by atoms with Gasteiger partial charge in [0.1, 0.15) is 17.4 Å². The molecule has 0 saturated heterocycles. The number of rotatable bonds is 6. The minimum Gasteiger partial charge on any atom is -0.496 e. The van der Waals surface area contributed by atoms with Crippen molar-refractivity contribution in [3.63, 3.8) is 0 Å². The number of nitrogens with one attached hydrogen (secondary N) is 1. The third-order valence-electron chi connectivity index (χ3n) is 5.93. The van der Waals surface area contributed by atoms with Gasteiger partial charge in [0.05, 0.1) is 12.6 Å². The fraction of sp³-hybridized carbons (Fsp3) is 0.333. The summed E-state index contributed by atoms with van der Waals surface area (Å²) in [6.45, 7) is 11.5. The molecule has 0 aliphatic carbocycles. The van der Waals surface area contributed by atoms with Crippen molar-refractivity contribution in [2.45, 2.75) is 46.6 Å². The van der Waals surface area contributed by atoms with Crippen molar-refractivity contribution in [1.82, 2.24) is 0 Å². The van der Waals surface area contributed by atoms with E-state index in [9.17, 15) is 10.1 Å². The zero-order valence-corrected chi connectivity index (χ0v) is 19.7. The standard InChI is InChI=1S/C27H31N3O2/c1-7-19-9-11-22(12-10-19)29-26(31)21(17-28)13-20-14-23-18(3)16-27(4,5)30(8-2)24(23)15-25(20)32-6/h9-16H,7-8H2,1-6H3,(H,29,31)/b21-13+. The Kier molecular flexibility index (Phi) is 6.74. The molecule has 32 heavy (non-hydrogen) atoms. The number of anilines is 2. The average Bonchev–Trinajstić information content (AvgIpc) is 2.77. The maximum absolute atomic E-state index is 12.8. The molecule has 1 N–H and O–H groups in total. The van der Waals surface area contributed by atoms with E-state index >= 15 is 0 Å². The number of hydrogen-bond acceptors (Lipinski definition) is 4. The van der Waals surface area contributed by atoms with Crippen LogP contribution in [0.4, 0.5) is 11.4 Å². The van der Waals surface area contributed by atoms with Gasteiger partial charge in [-0.15, -0.1) is 0 Å².